The molecule has 2 heterocycles. The zero-order valence-electron chi connectivity index (χ0n) is 14.0. The lowest BCUT2D eigenvalue weighted by molar-refractivity contribution is -0.203. The molecule has 4 aliphatic rings. The molecule has 2 saturated heterocycles. The van der Waals surface area contributed by atoms with E-state index in [4.69, 9.17) is 5.11 Å². The predicted octanol–water partition coefficient (Wildman–Crippen LogP) is 1.72. The number of carboxylic acids is 1. The van der Waals surface area contributed by atoms with Gasteiger partial charge in [0.1, 0.15) is 6.54 Å². The average Bonchev–Trinajstić information content (AvgIpc) is 2.48. The average molecular weight is 320 g/mol. The van der Waals surface area contributed by atoms with Crippen LogP contribution < -0.4 is 5.32 Å². The number of piperidine rings is 2. The standard InChI is InChI=1S/C18H28N2O3/c1-12-8-13-9-15(19-11-16(21)22)14-4-2-6-20-7-3-5-18(13,23)17(14,20)10-12/h12-13,19,23H,2-11H2,1H3,(H,21,22)/t12-,13-,17-,18-/m0/s1. The van der Waals surface area contributed by atoms with E-state index in [9.17, 15) is 9.90 Å². The van der Waals surface area contributed by atoms with Crippen molar-refractivity contribution in [1.29, 1.82) is 0 Å². The van der Waals surface area contributed by atoms with E-state index in [1.807, 2.05) is 0 Å². The molecule has 1 spiro atoms. The zero-order chi connectivity index (χ0) is 16.2. The van der Waals surface area contributed by atoms with Gasteiger partial charge in [0, 0.05) is 5.70 Å². The highest BCUT2D eigenvalue weighted by Gasteiger charge is 2.66. The van der Waals surface area contributed by atoms with Crippen molar-refractivity contribution in [1.82, 2.24) is 10.2 Å². The summed E-state index contributed by atoms with van der Waals surface area (Å²) in [6, 6.07) is 0. The lowest BCUT2D eigenvalue weighted by atomic mass is 9.49. The number of nitrogens with one attached hydrogen (secondary N) is 1. The third-order valence-electron chi connectivity index (χ3n) is 6.87. The summed E-state index contributed by atoms with van der Waals surface area (Å²) >= 11 is 0. The maximum atomic E-state index is 11.8. The summed E-state index contributed by atoms with van der Waals surface area (Å²) in [7, 11) is 0. The Hall–Kier alpha value is -1.07. The Morgan fingerprint density at radius 2 is 2.17 bits per heavy atom. The van der Waals surface area contributed by atoms with Crippen molar-refractivity contribution < 1.29 is 15.0 Å². The SMILES string of the molecule is C[C@H]1C[C@H]2CC(NCC(=O)O)=C3CCCN4CCC[C@@]2(O)[C@]34C1. The van der Waals surface area contributed by atoms with E-state index < -0.39 is 11.6 Å². The second kappa shape index (κ2) is 5.21. The quantitative estimate of drug-likeness (QED) is 0.738. The molecule has 4 rings (SSSR count). The van der Waals surface area contributed by atoms with Crippen molar-refractivity contribution in [2.45, 2.75) is 63.0 Å². The molecule has 1 saturated carbocycles. The number of rotatable bonds is 3. The second-order valence-corrected chi connectivity index (χ2v) is 8.13. The normalized spacial score (nSPS) is 43.0. The Balaban J connectivity index is 1.83. The summed E-state index contributed by atoms with van der Waals surface area (Å²) in [5, 5.41) is 24.0. The van der Waals surface area contributed by atoms with Crippen LogP contribution in [-0.4, -0.2) is 51.9 Å². The molecule has 3 fully saturated rings. The Kier molecular flexibility index (Phi) is 3.50. The van der Waals surface area contributed by atoms with Gasteiger partial charge in [-0.15, -0.1) is 0 Å². The third kappa shape index (κ3) is 2.02. The van der Waals surface area contributed by atoms with E-state index >= 15 is 0 Å². The van der Waals surface area contributed by atoms with E-state index in [-0.39, 0.29) is 18.0 Å². The van der Waals surface area contributed by atoms with Gasteiger partial charge in [0.25, 0.3) is 0 Å². The van der Waals surface area contributed by atoms with Crippen molar-refractivity contribution >= 4 is 5.97 Å². The highest BCUT2D eigenvalue weighted by atomic mass is 16.4. The Morgan fingerprint density at radius 3 is 2.96 bits per heavy atom. The van der Waals surface area contributed by atoms with Crippen LogP contribution in [0.25, 0.3) is 0 Å². The first-order valence-electron chi connectivity index (χ1n) is 9.13. The summed E-state index contributed by atoms with van der Waals surface area (Å²) in [6.07, 6.45) is 6.99. The van der Waals surface area contributed by atoms with Crippen LogP contribution in [0.4, 0.5) is 0 Å². The minimum atomic E-state index is -0.814. The monoisotopic (exact) mass is 320 g/mol. The molecule has 0 unspecified atom stereocenters. The minimum absolute atomic E-state index is 0.0182. The molecule has 2 aliphatic heterocycles. The fourth-order valence-electron chi connectivity index (χ4n) is 6.24. The molecule has 2 aliphatic carbocycles. The lowest BCUT2D eigenvalue weighted by Crippen LogP contribution is -2.76. The van der Waals surface area contributed by atoms with Gasteiger partial charge in [-0.25, -0.2) is 0 Å². The molecule has 0 aromatic carbocycles. The summed E-state index contributed by atoms with van der Waals surface area (Å²) in [4.78, 5) is 13.6. The molecular weight excluding hydrogens is 292 g/mol. The zero-order valence-corrected chi connectivity index (χ0v) is 14.0. The van der Waals surface area contributed by atoms with E-state index in [1.165, 1.54) is 5.57 Å². The maximum absolute atomic E-state index is 11.8. The number of carbonyl (C=O) groups is 1. The first-order chi connectivity index (χ1) is 11.0. The molecular formula is C18H28N2O3. The topological polar surface area (TPSA) is 72.8 Å². The highest BCUT2D eigenvalue weighted by Crippen LogP contribution is 2.61. The smallest absolute Gasteiger partial charge is 0.322 e. The van der Waals surface area contributed by atoms with Crippen molar-refractivity contribution in [3.8, 4) is 0 Å². The first-order valence-corrected chi connectivity index (χ1v) is 9.13. The van der Waals surface area contributed by atoms with Crippen molar-refractivity contribution in [2.24, 2.45) is 11.8 Å². The number of nitrogens with zero attached hydrogens (tertiary/aromatic N) is 1. The van der Waals surface area contributed by atoms with Gasteiger partial charge in [0.05, 0.1) is 11.1 Å². The molecule has 4 atom stereocenters. The number of hydrogen-bond acceptors (Lipinski definition) is 4. The summed E-state index contributed by atoms with van der Waals surface area (Å²) in [6.45, 7) is 4.43. The molecule has 0 radical (unpaired) electrons. The van der Waals surface area contributed by atoms with Crippen molar-refractivity contribution in [3.63, 3.8) is 0 Å². The van der Waals surface area contributed by atoms with Crippen LogP contribution >= 0.6 is 0 Å². The van der Waals surface area contributed by atoms with Crippen LogP contribution in [0.15, 0.2) is 11.3 Å². The Bertz CT molecular complexity index is 558. The van der Waals surface area contributed by atoms with E-state index in [0.29, 0.717) is 5.92 Å². The molecule has 3 N–H and O–H groups in total. The van der Waals surface area contributed by atoms with E-state index in [1.54, 1.807) is 0 Å². The van der Waals surface area contributed by atoms with Crippen LogP contribution in [-0.2, 0) is 4.79 Å². The fraction of sp³-hybridized carbons (Fsp3) is 0.833. The number of allylic oxidation sites excluding steroid dienone is 1. The molecule has 0 aromatic heterocycles. The van der Waals surface area contributed by atoms with Crippen LogP contribution in [0.1, 0.15) is 51.9 Å². The molecule has 0 aromatic rings. The molecule has 23 heavy (non-hydrogen) atoms. The predicted molar refractivity (Wildman–Crippen MR) is 86.9 cm³/mol. The van der Waals surface area contributed by atoms with Crippen LogP contribution in [0, 0.1) is 11.8 Å². The van der Waals surface area contributed by atoms with Crippen LogP contribution in [0.3, 0.4) is 0 Å². The van der Waals surface area contributed by atoms with Gasteiger partial charge in [0.15, 0.2) is 0 Å². The number of hydrogen-bond donors (Lipinski definition) is 3. The molecule has 128 valence electrons. The van der Waals surface area contributed by atoms with Crippen molar-refractivity contribution in [2.75, 3.05) is 19.6 Å². The summed E-state index contributed by atoms with van der Waals surface area (Å²) < 4.78 is 0. The van der Waals surface area contributed by atoms with Gasteiger partial charge >= 0.3 is 5.97 Å². The van der Waals surface area contributed by atoms with E-state index in [0.717, 1.165) is 63.7 Å². The van der Waals surface area contributed by atoms with E-state index in [2.05, 4.69) is 17.1 Å². The van der Waals surface area contributed by atoms with Gasteiger partial charge in [-0.1, -0.05) is 6.92 Å². The molecule has 0 amide bonds. The number of aliphatic hydroxyl groups is 1. The summed E-state index contributed by atoms with van der Waals surface area (Å²) in [5.41, 5.74) is 1.61. The third-order valence-corrected chi connectivity index (χ3v) is 6.87. The Morgan fingerprint density at radius 1 is 1.39 bits per heavy atom. The largest absolute Gasteiger partial charge is 0.480 e. The van der Waals surface area contributed by atoms with Gasteiger partial charge in [-0.3, -0.25) is 9.69 Å². The first kappa shape index (κ1) is 15.5. The maximum Gasteiger partial charge on any atom is 0.322 e. The van der Waals surface area contributed by atoms with Crippen LogP contribution in [0.5, 0.6) is 0 Å². The number of aliphatic carboxylic acids is 1. The van der Waals surface area contributed by atoms with Gasteiger partial charge < -0.3 is 15.5 Å². The van der Waals surface area contributed by atoms with Crippen LogP contribution in [0.2, 0.25) is 0 Å². The molecule has 5 heteroatoms. The van der Waals surface area contributed by atoms with Gasteiger partial charge in [-0.2, -0.15) is 0 Å². The lowest BCUT2D eigenvalue weighted by Gasteiger charge is -2.68. The molecule has 5 nitrogen and oxygen atoms in total. The Labute approximate surface area is 137 Å². The second-order valence-electron chi connectivity index (χ2n) is 8.13. The highest BCUT2D eigenvalue weighted by molar-refractivity contribution is 5.69. The summed E-state index contributed by atoms with van der Waals surface area (Å²) in [5.74, 6) is 0.0634. The van der Waals surface area contributed by atoms with Gasteiger partial charge in [0.2, 0.25) is 0 Å². The minimum Gasteiger partial charge on any atom is -0.480 e. The number of carboxylic acid groups (broad SMARTS) is 1. The molecule has 2 bridgehead atoms. The van der Waals surface area contributed by atoms with Crippen molar-refractivity contribution in [3.05, 3.63) is 11.3 Å². The van der Waals surface area contributed by atoms with Gasteiger partial charge in [-0.05, 0) is 75.4 Å². The fourth-order valence-corrected chi connectivity index (χ4v) is 6.24.